The molecule has 2 aromatic carbocycles. The van der Waals surface area contributed by atoms with Crippen molar-refractivity contribution in [3.8, 4) is 5.75 Å². The van der Waals surface area contributed by atoms with E-state index in [0.717, 1.165) is 28.5 Å². The van der Waals surface area contributed by atoms with Gasteiger partial charge in [0.1, 0.15) is 5.75 Å². The third kappa shape index (κ3) is 4.28. The van der Waals surface area contributed by atoms with Crippen LogP contribution < -0.4 is 10.1 Å². The van der Waals surface area contributed by atoms with Crippen molar-refractivity contribution in [2.24, 2.45) is 0 Å². The lowest BCUT2D eigenvalue weighted by molar-refractivity contribution is -0.118. The summed E-state index contributed by atoms with van der Waals surface area (Å²) in [6, 6.07) is 14.0. The van der Waals surface area contributed by atoms with Crippen LogP contribution in [0.4, 0.5) is 5.69 Å². The Labute approximate surface area is 151 Å². The molecule has 1 N–H and O–H groups in total. The van der Waals surface area contributed by atoms with Crippen LogP contribution in [-0.2, 0) is 4.79 Å². The van der Waals surface area contributed by atoms with Crippen LogP contribution in [-0.4, -0.2) is 24.0 Å². The predicted molar refractivity (Wildman–Crippen MR) is 104 cm³/mol. The maximum absolute atomic E-state index is 12.2. The summed E-state index contributed by atoms with van der Waals surface area (Å²) in [5.74, 6) is 3.00. The van der Waals surface area contributed by atoms with Gasteiger partial charge in [-0.05, 0) is 31.5 Å². The molecule has 24 heavy (non-hydrogen) atoms. The van der Waals surface area contributed by atoms with Gasteiger partial charge in [-0.15, -0.1) is 23.5 Å². The monoisotopic (exact) mass is 359 g/mol. The first-order chi connectivity index (χ1) is 11.6. The fourth-order valence-electron chi connectivity index (χ4n) is 2.63. The maximum Gasteiger partial charge on any atom is 0.262 e. The van der Waals surface area contributed by atoms with Crippen molar-refractivity contribution in [1.82, 2.24) is 0 Å². The van der Waals surface area contributed by atoms with Gasteiger partial charge in [-0.3, -0.25) is 4.79 Å². The molecule has 0 atom stereocenters. The number of anilines is 1. The van der Waals surface area contributed by atoms with Gasteiger partial charge in [0.25, 0.3) is 5.91 Å². The Balaban J connectivity index is 1.62. The number of nitrogens with one attached hydrogen (secondary N) is 1. The number of thioether (sulfide) groups is 2. The zero-order valence-electron chi connectivity index (χ0n) is 13.9. The van der Waals surface area contributed by atoms with E-state index in [9.17, 15) is 4.79 Å². The molecule has 126 valence electrons. The average molecular weight is 360 g/mol. The zero-order valence-corrected chi connectivity index (χ0v) is 15.5. The normalized spacial score (nSPS) is 14.6. The smallest absolute Gasteiger partial charge is 0.262 e. The third-order valence-corrected chi connectivity index (χ3v) is 6.88. The summed E-state index contributed by atoms with van der Waals surface area (Å²) in [6.07, 6.45) is 0. The number of carbonyl (C=O) groups is 1. The van der Waals surface area contributed by atoms with E-state index >= 15 is 0 Å². The van der Waals surface area contributed by atoms with Gasteiger partial charge in [0, 0.05) is 22.8 Å². The molecular formula is C19H21NO2S2. The minimum atomic E-state index is -0.136. The Morgan fingerprint density at radius 1 is 1.17 bits per heavy atom. The van der Waals surface area contributed by atoms with Crippen LogP contribution in [0, 0.1) is 13.8 Å². The molecule has 0 radical (unpaired) electrons. The molecule has 2 aromatic rings. The number of rotatable bonds is 5. The van der Waals surface area contributed by atoms with Crippen LogP contribution in [0.5, 0.6) is 5.75 Å². The van der Waals surface area contributed by atoms with E-state index in [1.165, 1.54) is 11.1 Å². The number of amides is 1. The summed E-state index contributed by atoms with van der Waals surface area (Å²) in [6.45, 7) is 4.05. The highest BCUT2D eigenvalue weighted by molar-refractivity contribution is 8.19. The fraction of sp³-hybridized carbons (Fsp3) is 0.316. The van der Waals surface area contributed by atoms with Crippen molar-refractivity contribution in [2.75, 3.05) is 23.4 Å². The SMILES string of the molecule is Cc1ccc(NC(=O)COc2ccccc2C2SCCS2)c(C)c1. The molecule has 3 nitrogen and oxygen atoms in total. The second kappa shape index (κ2) is 7.99. The van der Waals surface area contributed by atoms with Crippen LogP contribution in [0.15, 0.2) is 42.5 Å². The topological polar surface area (TPSA) is 38.3 Å². The number of aryl methyl sites for hydroxylation is 2. The van der Waals surface area contributed by atoms with Gasteiger partial charge in [0.15, 0.2) is 6.61 Å². The third-order valence-electron chi connectivity index (χ3n) is 3.81. The number of ether oxygens (including phenoxy) is 1. The molecule has 0 aromatic heterocycles. The number of para-hydroxylation sites is 1. The molecule has 0 aliphatic carbocycles. The largest absolute Gasteiger partial charge is 0.483 e. The number of benzene rings is 2. The molecular weight excluding hydrogens is 338 g/mol. The predicted octanol–water partition coefficient (Wildman–Crippen LogP) is 4.80. The standard InChI is InChI=1S/C19H21NO2S2/c1-13-7-8-16(14(2)11-13)20-18(21)12-22-17-6-4-3-5-15(17)19-23-9-10-24-19/h3-8,11,19H,9-10,12H2,1-2H3,(H,20,21). The van der Waals surface area contributed by atoms with E-state index in [0.29, 0.717) is 4.58 Å². The first kappa shape index (κ1) is 17.2. The Kier molecular flexibility index (Phi) is 5.74. The van der Waals surface area contributed by atoms with Crippen LogP contribution in [0.2, 0.25) is 0 Å². The van der Waals surface area contributed by atoms with E-state index in [1.54, 1.807) is 0 Å². The molecule has 0 spiro atoms. The van der Waals surface area contributed by atoms with Crippen molar-refractivity contribution < 1.29 is 9.53 Å². The van der Waals surface area contributed by atoms with Gasteiger partial charge < -0.3 is 10.1 Å². The highest BCUT2D eigenvalue weighted by Crippen LogP contribution is 2.48. The van der Waals surface area contributed by atoms with Crippen LogP contribution in [0.3, 0.4) is 0 Å². The molecule has 1 aliphatic heterocycles. The molecule has 1 fully saturated rings. The van der Waals surface area contributed by atoms with E-state index < -0.39 is 0 Å². The molecule has 1 saturated heterocycles. The Morgan fingerprint density at radius 2 is 1.92 bits per heavy atom. The Bertz CT molecular complexity index is 727. The van der Waals surface area contributed by atoms with Gasteiger partial charge in [-0.1, -0.05) is 35.9 Å². The Morgan fingerprint density at radius 3 is 2.67 bits per heavy atom. The van der Waals surface area contributed by atoms with E-state index in [4.69, 9.17) is 4.74 Å². The summed E-state index contributed by atoms with van der Waals surface area (Å²) >= 11 is 3.86. The lowest BCUT2D eigenvalue weighted by atomic mass is 10.1. The molecule has 3 rings (SSSR count). The van der Waals surface area contributed by atoms with Crippen molar-refractivity contribution in [3.63, 3.8) is 0 Å². The second-order valence-corrected chi connectivity index (χ2v) is 8.49. The quantitative estimate of drug-likeness (QED) is 0.832. The van der Waals surface area contributed by atoms with E-state index in [2.05, 4.69) is 17.4 Å². The van der Waals surface area contributed by atoms with Crippen LogP contribution >= 0.6 is 23.5 Å². The minimum absolute atomic E-state index is 0.0202. The van der Waals surface area contributed by atoms with Gasteiger partial charge in [0.2, 0.25) is 0 Å². The summed E-state index contributed by atoms with van der Waals surface area (Å²) in [5.41, 5.74) is 4.25. The van der Waals surface area contributed by atoms with Gasteiger partial charge in [0.05, 0.1) is 4.58 Å². The van der Waals surface area contributed by atoms with Crippen molar-refractivity contribution in [1.29, 1.82) is 0 Å². The van der Waals surface area contributed by atoms with Crippen molar-refractivity contribution in [2.45, 2.75) is 18.4 Å². The van der Waals surface area contributed by atoms with Gasteiger partial charge >= 0.3 is 0 Å². The minimum Gasteiger partial charge on any atom is -0.483 e. The number of carbonyl (C=O) groups excluding carboxylic acids is 1. The number of hydrogen-bond donors (Lipinski definition) is 1. The molecule has 0 unspecified atom stereocenters. The van der Waals surface area contributed by atoms with Crippen molar-refractivity contribution in [3.05, 3.63) is 59.2 Å². The highest BCUT2D eigenvalue weighted by Gasteiger charge is 2.21. The summed E-state index contributed by atoms with van der Waals surface area (Å²) in [5, 5.41) is 2.92. The lowest BCUT2D eigenvalue weighted by Crippen LogP contribution is -2.21. The average Bonchev–Trinajstić information content (AvgIpc) is 3.10. The maximum atomic E-state index is 12.2. The Hall–Kier alpha value is -1.59. The van der Waals surface area contributed by atoms with Gasteiger partial charge in [-0.2, -0.15) is 0 Å². The van der Waals surface area contributed by atoms with Gasteiger partial charge in [-0.25, -0.2) is 0 Å². The molecule has 1 heterocycles. The summed E-state index contributed by atoms with van der Waals surface area (Å²) < 4.78 is 6.21. The summed E-state index contributed by atoms with van der Waals surface area (Å²) in [7, 11) is 0. The molecule has 1 amide bonds. The van der Waals surface area contributed by atoms with E-state index in [1.807, 2.05) is 67.7 Å². The summed E-state index contributed by atoms with van der Waals surface area (Å²) in [4.78, 5) is 12.2. The molecule has 1 aliphatic rings. The van der Waals surface area contributed by atoms with Crippen LogP contribution in [0.25, 0.3) is 0 Å². The van der Waals surface area contributed by atoms with E-state index in [-0.39, 0.29) is 12.5 Å². The number of hydrogen-bond acceptors (Lipinski definition) is 4. The van der Waals surface area contributed by atoms with Crippen LogP contribution in [0.1, 0.15) is 21.3 Å². The molecule has 0 saturated carbocycles. The lowest BCUT2D eigenvalue weighted by Gasteiger charge is -2.15. The van der Waals surface area contributed by atoms with Crippen molar-refractivity contribution >= 4 is 35.1 Å². The fourth-order valence-corrected chi connectivity index (χ4v) is 5.54. The molecule has 5 heteroatoms. The highest BCUT2D eigenvalue weighted by atomic mass is 32.2. The molecule has 0 bridgehead atoms. The zero-order chi connectivity index (χ0) is 16.9. The second-order valence-electron chi connectivity index (χ2n) is 5.77. The first-order valence-corrected chi connectivity index (χ1v) is 10.1. The first-order valence-electron chi connectivity index (χ1n) is 7.95.